The molecule has 0 amide bonds. The Morgan fingerprint density at radius 3 is 2.62 bits per heavy atom. The van der Waals surface area contributed by atoms with Crippen molar-refractivity contribution in [3.05, 3.63) is 64.6 Å². The second-order valence-electron chi connectivity index (χ2n) is 6.12. The summed E-state index contributed by atoms with van der Waals surface area (Å²) in [6.45, 7) is 3.75. The van der Waals surface area contributed by atoms with E-state index in [0.29, 0.717) is 17.3 Å². The summed E-state index contributed by atoms with van der Waals surface area (Å²) in [5.41, 5.74) is 1.96. The fourth-order valence-corrected chi connectivity index (χ4v) is 5.47. The molecule has 0 saturated carbocycles. The zero-order valence-corrected chi connectivity index (χ0v) is 17.9. The van der Waals surface area contributed by atoms with Crippen LogP contribution >= 0.6 is 22.7 Å². The van der Waals surface area contributed by atoms with E-state index in [1.165, 1.54) is 22.7 Å². The zero-order chi connectivity index (χ0) is 20.4. The van der Waals surface area contributed by atoms with Crippen molar-refractivity contribution in [1.29, 1.82) is 0 Å². The number of sulfonamides is 1. The minimum atomic E-state index is -3.73. The molecule has 0 unspecified atom stereocenters. The molecule has 148 valence electrons. The fraction of sp³-hybridized carbons (Fsp3) is 0.105. The maximum Gasteiger partial charge on any atom is 0.271 e. The van der Waals surface area contributed by atoms with Crippen LogP contribution in [0.5, 0.6) is 11.6 Å². The first-order valence-corrected chi connectivity index (χ1v) is 11.7. The molecule has 0 aliphatic rings. The molecule has 1 aromatic carbocycles. The Kier molecular flexibility index (Phi) is 5.31. The largest absolute Gasteiger partial charge is 0.437 e. The molecule has 0 bridgehead atoms. The van der Waals surface area contributed by atoms with Crippen molar-refractivity contribution >= 4 is 38.4 Å². The van der Waals surface area contributed by atoms with Crippen LogP contribution in [-0.4, -0.2) is 23.6 Å². The van der Waals surface area contributed by atoms with Crippen LogP contribution < -0.4 is 9.46 Å². The average Bonchev–Trinajstić information content (AvgIpc) is 3.33. The summed E-state index contributed by atoms with van der Waals surface area (Å²) in [7, 11) is -3.73. The molecule has 29 heavy (non-hydrogen) atoms. The van der Waals surface area contributed by atoms with Crippen LogP contribution in [0, 0.1) is 13.8 Å². The van der Waals surface area contributed by atoms with Crippen LogP contribution in [0.3, 0.4) is 0 Å². The number of ether oxygens (including phenoxy) is 1. The Morgan fingerprint density at radius 1 is 1.03 bits per heavy atom. The number of hydrogen-bond acceptors (Lipinski definition) is 8. The molecular weight excluding hydrogens is 428 g/mol. The van der Waals surface area contributed by atoms with Crippen molar-refractivity contribution < 1.29 is 13.2 Å². The minimum Gasteiger partial charge on any atom is -0.437 e. The number of rotatable bonds is 6. The van der Waals surface area contributed by atoms with Gasteiger partial charge in [-0.3, -0.25) is 4.72 Å². The van der Waals surface area contributed by atoms with Gasteiger partial charge in [0.15, 0.2) is 0 Å². The first kappa shape index (κ1) is 19.5. The Morgan fingerprint density at radius 2 is 1.90 bits per heavy atom. The van der Waals surface area contributed by atoms with Gasteiger partial charge in [0.1, 0.15) is 9.96 Å². The van der Waals surface area contributed by atoms with Gasteiger partial charge in [-0.15, -0.1) is 27.8 Å². The van der Waals surface area contributed by atoms with E-state index >= 15 is 0 Å². The molecule has 3 heterocycles. The van der Waals surface area contributed by atoms with Crippen LogP contribution in [0.4, 0.5) is 5.69 Å². The second kappa shape index (κ2) is 7.90. The van der Waals surface area contributed by atoms with E-state index in [0.717, 1.165) is 21.3 Å². The SMILES string of the molecule is Cc1ccc(Oc2cccc(NS(=O)(=O)c3ccc(-c4csc(C)n4)s3)c2)nn1. The van der Waals surface area contributed by atoms with Gasteiger partial charge in [-0.05, 0) is 44.2 Å². The quantitative estimate of drug-likeness (QED) is 0.456. The summed E-state index contributed by atoms with van der Waals surface area (Å²) < 4.78 is 34.0. The van der Waals surface area contributed by atoms with E-state index in [9.17, 15) is 8.42 Å². The zero-order valence-electron chi connectivity index (χ0n) is 15.5. The highest BCUT2D eigenvalue weighted by atomic mass is 32.2. The summed E-state index contributed by atoms with van der Waals surface area (Å²) in [4.78, 5) is 5.21. The minimum absolute atomic E-state index is 0.217. The molecule has 7 nitrogen and oxygen atoms in total. The maximum atomic E-state index is 12.8. The molecule has 0 radical (unpaired) electrons. The van der Waals surface area contributed by atoms with Gasteiger partial charge in [0.05, 0.1) is 27.0 Å². The highest BCUT2D eigenvalue weighted by Crippen LogP contribution is 2.32. The van der Waals surface area contributed by atoms with E-state index in [2.05, 4.69) is 19.9 Å². The van der Waals surface area contributed by atoms with Gasteiger partial charge in [0.2, 0.25) is 5.88 Å². The lowest BCUT2D eigenvalue weighted by Gasteiger charge is -2.09. The summed E-state index contributed by atoms with van der Waals surface area (Å²) >= 11 is 2.71. The lowest BCUT2D eigenvalue weighted by Crippen LogP contribution is -2.11. The van der Waals surface area contributed by atoms with E-state index in [1.54, 1.807) is 48.5 Å². The Bertz CT molecular complexity index is 1250. The molecule has 0 atom stereocenters. The molecule has 0 aliphatic heterocycles. The van der Waals surface area contributed by atoms with Crippen molar-refractivity contribution in [2.75, 3.05) is 4.72 Å². The molecule has 0 saturated heterocycles. The summed E-state index contributed by atoms with van der Waals surface area (Å²) in [6, 6.07) is 13.5. The van der Waals surface area contributed by atoms with E-state index in [4.69, 9.17) is 4.74 Å². The summed E-state index contributed by atoms with van der Waals surface area (Å²) in [6.07, 6.45) is 0. The van der Waals surface area contributed by atoms with Gasteiger partial charge in [-0.1, -0.05) is 6.07 Å². The van der Waals surface area contributed by atoms with E-state index in [-0.39, 0.29) is 4.21 Å². The van der Waals surface area contributed by atoms with Gasteiger partial charge >= 0.3 is 0 Å². The molecule has 4 aromatic rings. The van der Waals surface area contributed by atoms with Gasteiger partial charge in [-0.2, -0.15) is 5.10 Å². The number of anilines is 1. The van der Waals surface area contributed by atoms with Gasteiger partial charge in [0.25, 0.3) is 10.0 Å². The van der Waals surface area contributed by atoms with Crippen molar-refractivity contribution in [1.82, 2.24) is 15.2 Å². The van der Waals surface area contributed by atoms with Gasteiger partial charge < -0.3 is 4.74 Å². The summed E-state index contributed by atoms with van der Waals surface area (Å²) in [5.74, 6) is 0.783. The number of aromatic nitrogens is 3. The third-order valence-electron chi connectivity index (χ3n) is 3.80. The predicted octanol–water partition coefficient (Wildman–Crippen LogP) is 4.87. The molecule has 4 rings (SSSR count). The lowest BCUT2D eigenvalue weighted by atomic mass is 10.3. The molecule has 0 aliphatic carbocycles. The topological polar surface area (TPSA) is 94.1 Å². The van der Waals surface area contributed by atoms with Crippen molar-refractivity contribution in [3.8, 4) is 22.2 Å². The fourth-order valence-electron chi connectivity index (χ4n) is 2.47. The maximum absolute atomic E-state index is 12.8. The van der Waals surface area contributed by atoms with Crippen molar-refractivity contribution in [2.45, 2.75) is 18.1 Å². The van der Waals surface area contributed by atoms with Gasteiger partial charge in [0, 0.05) is 17.5 Å². The highest BCUT2D eigenvalue weighted by molar-refractivity contribution is 7.94. The van der Waals surface area contributed by atoms with Crippen molar-refractivity contribution in [2.24, 2.45) is 0 Å². The number of aryl methyl sites for hydroxylation is 2. The molecule has 1 N–H and O–H groups in total. The standard InChI is InChI=1S/C19H16N4O3S3/c1-12-6-8-18(22-21-12)26-15-5-3-4-14(10-15)23-29(24,25)19-9-7-17(28-19)16-11-27-13(2)20-16/h3-11,23H,1-2H3. The number of nitrogens with one attached hydrogen (secondary N) is 1. The monoisotopic (exact) mass is 444 g/mol. The van der Waals surface area contributed by atoms with E-state index in [1.807, 2.05) is 19.2 Å². The number of nitrogens with zero attached hydrogens (tertiary/aromatic N) is 3. The lowest BCUT2D eigenvalue weighted by molar-refractivity contribution is 0.454. The highest BCUT2D eigenvalue weighted by Gasteiger charge is 2.18. The van der Waals surface area contributed by atoms with Gasteiger partial charge in [-0.25, -0.2) is 13.4 Å². The number of benzene rings is 1. The summed E-state index contributed by atoms with van der Waals surface area (Å²) in [5, 5.41) is 10.7. The predicted molar refractivity (Wildman–Crippen MR) is 114 cm³/mol. The van der Waals surface area contributed by atoms with Crippen molar-refractivity contribution in [3.63, 3.8) is 0 Å². The first-order valence-electron chi connectivity index (χ1n) is 8.52. The molecular formula is C19H16N4O3S3. The molecule has 0 spiro atoms. The molecule has 3 aromatic heterocycles. The van der Waals surface area contributed by atoms with E-state index < -0.39 is 10.0 Å². The van der Waals surface area contributed by atoms with Crippen LogP contribution in [0.15, 0.2) is 58.1 Å². The van der Waals surface area contributed by atoms with Crippen LogP contribution in [0.25, 0.3) is 10.6 Å². The second-order valence-corrected chi connectivity index (χ2v) is 10.2. The Labute approximate surface area is 176 Å². The smallest absolute Gasteiger partial charge is 0.271 e. The first-order chi connectivity index (χ1) is 13.9. The third kappa shape index (κ3) is 4.61. The normalized spacial score (nSPS) is 11.4. The molecule has 0 fully saturated rings. The number of thiazole rings is 1. The third-order valence-corrected chi connectivity index (χ3v) is 7.55. The average molecular weight is 445 g/mol. The Balaban J connectivity index is 1.52. The number of thiophene rings is 1. The van der Waals surface area contributed by atoms with Crippen LogP contribution in [-0.2, 0) is 10.0 Å². The molecule has 10 heteroatoms. The number of hydrogen-bond donors (Lipinski definition) is 1. The Hall–Kier alpha value is -2.82. The van der Waals surface area contributed by atoms with Crippen LogP contribution in [0.2, 0.25) is 0 Å². The van der Waals surface area contributed by atoms with Crippen LogP contribution in [0.1, 0.15) is 10.7 Å².